The van der Waals surface area contributed by atoms with Gasteiger partial charge < -0.3 is 15.6 Å². The summed E-state index contributed by atoms with van der Waals surface area (Å²) in [5, 5.41) is 11.2. The third kappa shape index (κ3) is 3.12. The Labute approximate surface area is 123 Å². The van der Waals surface area contributed by atoms with Gasteiger partial charge in [-0.2, -0.15) is 0 Å². The molecule has 0 saturated carbocycles. The summed E-state index contributed by atoms with van der Waals surface area (Å²) < 4.78 is 5.11. The molecule has 0 aliphatic carbocycles. The fourth-order valence-corrected chi connectivity index (χ4v) is 2.51. The first kappa shape index (κ1) is 14.9. The van der Waals surface area contributed by atoms with Gasteiger partial charge in [-0.1, -0.05) is 41.9 Å². The van der Waals surface area contributed by atoms with E-state index in [9.17, 15) is 5.11 Å². The molecule has 2 atom stereocenters. The number of aliphatic hydroxyl groups is 1. The van der Waals surface area contributed by atoms with Crippen LogP contribution in [0.1, 0.15) is 23.1 Å². The van der Waals surface area contributed by atoms with Crippen LogP contribution in [0.15, 0.2) is 48.5 Å². The predicted molar refractivity (Wildman–Crippen MR) is 81.2 cm³/mol. The zero-order valence-electron chi connectivity index (χ0n) is 11.3. The number of hydrogen-bond donors (Lipinski definition) is 2. The number of nitrogens with two attached hydrogens (primary N) is 1. The monoisotopic (exact) mass is 291 g/mol. The quantitative estimate of drug-likeness (QED) is 0.890. The summed E-state index contributed by atoms with van der Waals surface area (Å²) in [6.45, 7) is 0.316. The Bertz CT molecular complexity index is 557. The lowest BCUT2D eigenvalue weighted by atomic mass is 9.89. The molecule has 0 fully saturated rings. The molecular weight excluding hydrogens is 274 g/mol. The van der Waals surface area contributed by atoms with Crippen molar-refractivity contribution in [1.29, 1.82) is 0 Å². The maximum atomic E-state index is 10.5. The van der Waals surface area contributed by atoms with Crippen molar-refractivity contribution in [2.75, 3.05) is 13.7 Å². The molecule has 2 aromatic carbocycles. The first-order chi connectivity index (χ1) is 9.67. The van der Waals surface area contributed by atoms with Crippen LogP contribution >= 0.6 is 11.6 Å². The molecule has 0 saturated heterocycles. The van der Waals surface area contributed by atoms with E-state index < -0.39 is 6.10 Å². The minimum Gasteiger partial charge on any atom is -0.497 e. The largest absolute Gasteiger partial charge is 0.497 e. The van der Waals surface area contributed by atoms with Crippen LogP contribution in [0.4, 0.5) is 0 Å². The van der Waals surface area contributed by atoms with E-state index >= 15 is 0 Å². The molecule has 3 nitrogen and oxygen atoms in total. The van der Waals surface area contributed by atoms with Crippen molar-refractivity contribution >= 4 is 11.6 Å². The van der Waals surface area contributed by atoms with Gasteiger partial charge in [0.25, 0.3) is 0 Å². The van der Waals surface area contributed by atoms with E-state index in [1.54, 1.807) is 13.2 Å². The van der Waals surface area contributed by atoms with Crippen LogP contribution in [0.2, 0.25) is 5.02 Å². The molecule has 0 bridgehead atoms. The van der Waals surface area contributed by atoms with Crippen molar-refractivity contribution in [3.05, 3.63) is 64.7 Å². The Hall–Kier alpha value is -1.55. The second-order valence-corrected chi connectivity index (χ2v) is 4.99. The summed E-state index contributed by atoms with van der Waals surface area (Å²) in [4.78, 5) is 0. The first-order valence-electron chi connectivity index (χ1n) is 6.44. The highest BCUT2D eigenvalue weighted by Crippen LogP contribution is 2.34. The highest BCUT2D eigenvalue weighted by Gasteiger charge is 2.23. The van der Waals surface area contributed by atoms with Crippen LogP contribution in [0.5, 0.6) is 5.75 Å². The van der Waals surface area contributed by atoms with E-state index in [2.05, 4.69) is 0 Å². The van der Waals surface area contributed by atoms with E-state index in [1.165, 1.54) is 0 Å². The molecule has 3 N–H and O–H groups in total. The maximum absolute atomic E-state index is 10.5. The molecule has 20 heavy (non-hydrogen) atoms. The van der Waals surface area contributed by atoms with Gasteiger partial charge in [0.2, 0.25) is 0 Å². The number of rotatable bonds is 5. The zero-order valence-corrected chi connectivity index (χ0v) is 12.0. The first-order valence-corrected chi connectivity index (χ1v) is 6.81. The van der Waals surface area contributed by atoms with Gasteiger partial charge in [0.15, 0.2) is 0 Å². The summed E-state index contributed by atoms with van der Waals surface area (Å²) in [6.07, 6.45) is -0.703. The van der Waals surface area contributed by atoms with Gasteiger partial charge in [-0.3, -0.25) is 0 Å². The molecule has 2 rings (SSSR count). The molecule has 0 aliphatic rings. The number of hydrogen-bond acceptors (Lipinski definition) is 3. The number of aliphatic hydroxyl groups excluding tert-OH is 1. The Balaban J connectivity index is 2.28. The van der Waals surface area contributed by atoms with Gasteiger partial charge in [-0.05, 0) is 29.3 Å². The smallest absolute Gasteiger partial charge is 0.118 e. The van der Waals surface area contributed by atoms with Crippen LogP contribution in [0.3, 0.4) is 0 Å². The molecule has 0 aromatic heterocycles. The highest BCUT2D eigenvalue weighted by atomic mass is 35.5. The van der Waals surface area contributed by atoms with Crippen molar-refractivity contribution < 1.29 is 9.84 Å². The third-order valence-corrected chi connectivity index (χ3v) is 3.74. The molecule has 106 valence electrons. The number of methoxy groups -OCH3 is 1. The Morgan fingerprint density at radius 3 is 2.35 bits per heavy atom. The summed E-state index contributed by atoms with van der Waals surface area (Å²) in [5.74, 6) is 0.514. The third-order valence-electron chi connectivity index (χ3n) is 3.40. The van der Waals surface area contributed by atoms with E-state index in [0.29, 0.717) is 11.6 Å². The SMILES string of the molecule is COc1ccc(C(O)C(CN)c2ccccc2Cl)cc1. The van der Waals surface area contributed by atoms with Crippen LogP contribution in [0.25, 0.3) is 0 Å². The van der Waals surface area contributed by atoms with E-state index in [0.717, 1.165) is 16.9 Å². The average Bonchev–Trinajstić information content (AvgIpc) is 2.50. The lowest BCUT2D eigenvalue weighted by molar-refractivity contribution is 0.147. The van der Waals surface area contributed by atoms with Crippen LogP contribution in [-0.4, -0.2) is 18.8 Å². The molecule has 0 spiro atoms. The van der Waals surface area contributed by atoms with E-state index in [1.807, 2.05) is 42.5 Å². The number of benzene rings is 2. The summed E-state index contributed by atoms with van der Waals surface area (Å²) in [6, 6.07) is 14.8. The topological polar surface area (TPSA) is 55.5 Å². The van der Waals surface area contributed by atoms with Gasteiger partial charge in [-0.15, -0.1) is 0 Å². The minimum absolute atomic E-state index is 0.239. The molecule has 2 unspecified atom stereocenters. The molecule has 0 radical (unpaired) electrons. The molecule has 0 aliphatic heterocycles. The summed E-state index contributed by atoms with van der Waals surface area (Å²) in [5.41, 5.74) is 7.48. The number of halogens is 1. The average molecular weight is 292 g/mol. The lowest BCUT2D eigenvalue weighted by Crippen LogP contribution is -2.20. The van der Waals surface area contributed by atoms with Crippen molar-refractivity contribution in [2.24, 2.45) is 5.73 Å². The molecule has 0 amide bonds. The standard InChI is InChI=1S/C16H18ClNO2/c1-20-12-8-6-11(7-9-12)16(19)14(10-18)13-4-2-3-5-15(13)17/h2-9,14,16,19H,10,18H2,1H3. The van der Waals surface area contributed by atoms with Gasteiger partial charge in [0.1, 0.15) is 5.75 Å². The van der Waals surface area contributed by atoms with Crippen molar-refractivity contribution in [1.82, 2.24) is 0 Å². The fraction of sp³-hybridized carbons (Fsp3) is 0.250. The predicted octanol–water partition coefficient (Wildman–Crippen LogP) is 3.12. The molecule has 2 aromatic rings. The highest BCUT2D eigenvalue weighted by molar-refractivity contribution is 6.31. The Kier molecular flexibility index (Phi) is 5.01. The van der Waals surface area contributed by atoms with Crippen molar-refractivity contribution in [3.8, 4) is 5.75 Å². The fourth-order valence-electron chi connectivity index (χ4n) is 2.24. The van der Waals surface area contributed by atoms with Crippen LogP contribution in [-0.2, 0) is 0 Å². The Morgan fingerprint density at radius 2 is 1.80 bits per heavy atom. The summed E-state index contributed by atoms with van der Waals surface area (Å²) in [7, 11) is 1.61. The van der Waals surface area contributed by atoms with Gasteiger partial charge in [0.05, 0.1) is 13.2 Å². The van der Waals surface area contributed by atoms with Crippen molar-refractivity contribution in [3.63, 3.8) is 0 Å². The van der Waals surface area contributed by atoms with Crippen LogP contribution < -0.4 is 10.5 Å². The van der Waals surface area contributed by atoms with Crippen LogP contribution in [0, 0.1) is 0 Å². The van der Waals surface area contributed by atoms with Crippen molar-refractivity contribution in [2.45, 2.75) is 12.0 Å². The van der Waals surface area contributed by atoms with Gasteiger partial charge >= 0.3 is 0 Å². The van der Waals surface area contributed by atoms with Gasteiger partial charge in [0, 0.05) is 17.5 Å². The minimum atomic E-state index is -0.703. The maximum Gasteiger partial charge on any atom is 0.118 e. The Morgan fingerprint density at radius 1 is 1.15 bits per heavy atom. The number of ether oxygens (including phenoxy) is 1. The molecule has 0 heterocycles. The van der Waals surface area contributed by atoms with Gasteiger partial charge in [-0.25, -0.2) is 0 Å². The van der Waals surface area contributed by atoms with E-state index in [4.69, 9.17) is 22.1 Å². The van der Waals surface area contributed by atoms with E-state index in [-0.39, 0.29) is 5.92 Å². The normalized spacial score (nSPS) is 13.8. The second kappa shape index (κ2) is 6.75. The zero-order chi connectivity index (χ0) is 14.5. The lowest BCUT2D eigenvalue weighted by Gasteiger charge is -2.23. The molecule has 4 heteroatoms. The molecular formula is C16H18ClNO2. The second-order valence-electron chi connectivity index (χ2n) is 4.58. The summed E-state index contributed by atoms with van der Waals surface area (Å²) >= 11 is 6.19.